The molecule has 0 saturated carbocycles. The van der Waals surface area contributed by atoms with Gasteiger partial charge in [-0.05, 0) is 19.4 Å². The molecular weight excluding hydrogens is 214 g/mol. The third-order valence-corrected chi connectivity index (χ3v) is 2.72. The Labute approximate surface area is 101 Å². The normalized spacial score (nSPS) is 10.5. The van der Waals surface area contributed by atoms with E-state index in [-0.39, 0.29) is 0 Å². The average molecular weight is 231 g/mol. The minimum Gasteiger partial charge on any atom is -0.481 e. The van der Waals surface area contributed by atoms with E-state index in [4.69, 9.17) is 4.74 Å². The van der Waals surface area contributed by atoms with Crippen LogP contribution in [0.3, 0.4) is 0 Å². The van der Waals surface area contributed by atoms with Crippen molar-refractivity contribution >= 4 is 16.7 Å². The van der Waals surface area contributed by atoms with Crippen molar-refractivity contribution in [2.75, 3.05) is 19.0 Å². The fraction of sp³-hybridized carbons (Fsp3) is 0.385. The summed E-state index contributed by atoms with van der Waals surface area (Å²) in [5.41, 5.74) is 4.08. The lowest BCUT2D eigenvalue weighted by Gasteiger charge is -2.11. The van der Waals surface area contributed by atoms with Gasteiger partial charge in [-0.1, -0.05) is 6.92 Å². The van der Waals surface area contributed by atoms with E-state index >= 15 is 0 Å². The molecule has 90 valence electrons. The van der Waals surface area contributed by atoms with Gasteiger partial charge < -0.3 is 10.1 Å². The number of aryl methyl sites for hydroxylation is 1. The maximum atomic E-state index is 5.16. The molecule has 2 aromatic heterocycles. The van der Waals surface area contributed by atoms with Crippen LogP contribution >= 0.6 is 0 Å². The van der Waals surface area contributed by atoms with Gasteiger partial charge in [0.25, 0.3) is 0 Å². The largest absolute Gasteiger partial charge is 0.481 e. The number of fused-ring (bicyclic) bond motifs is 1. The molecule has 0 aliphatic heterocycles. The highest BCUT2D eigenvalue weighted by atomic mass is 16.5. The first-order chi connectivity index (χ1) is 8.30. The summed E-state index contributed by atoms with van der Waals surface area (Å²) in [4.78, 5) is 8.89. The van der Waals surface area contributed by atoms with Crippen LogP contribution < -0.4 is 10.1 Å². The average Bonchev–Trinajstić information content (AvgIpc) is 2.38. The van der Waals surface area contributed by atoms with Crippen molar-refractivity contribution in [3.8, 4) is 5.88 Å². The number of nitrogens with one attached hydrogen (secondary N) is 1. The topological polar surface area (TPSA) is 47.0 Å². The summed E-state index contributed by atoms with van der Waals surface area (Å²) < 4.78 is 5.16. The standard InChI is InChI=1S/C13H17N3O/c1-4-9-11(14-5-2)8-15-10-6-7-12(17-3)16-13(9)10/h6-8,14H,4-5H2,1-3H3. The van der Waals surface area contributed by atoms with Crippen LogP contribution in [0, 0.1) is 0 Å². The molecule has 4 nitrogen and oxygen atoms in total. The Hall–Kier alpha value is -1.84. The third kappa shape index (κ3) is 2.16. The summed E-state index contributed by atoms with van der Waals surface area (Å²) >= 11 is 0. The Morgan fingerprint density at radius 3 is 2.76 bits per heavy atom. The number of rotatable bonds is 4. The van der Waals surface area contributed by atoms with E-state index in [0.717, 1.165) is 29.7 Å². The summed E-state index contributed by atoms with van der Waals surface area (Å²) in [7, 11) is 1.63. The van der Waals surface area contributed by atoms with Gasteiger partial charge in [0.1, 0.15) is 0 Å². The molecule has 0 fully saturated rings. The highest BCUT2D eigenvalue weighted by Gasteiger charge is 2.09. The number of aromatic nitrogens is 2. The number of ether oxygens (including phenoxy) is 1. The van der Waals surface area contributed by atoms with E-state index in [9.17, 15) is 0 Å². The molecule has 0 bridgehead atoms. The second-order valence-electron chi connectivity index (χ2n) is 3.76. The molecule has 17 heavy (non-hydrogen) atoms. The number of methoxy groups -OCH3 is 1. The monoisotopic (exact) mass is 231 g/mol. The van der Waals surface area contributed by atoms with E-state index in [1.807, 2.05) is 18.3 Å². The Kier molecular flexibility index (Phi) is 3.42. The minimum absolute atomic E-state index is 0.627. The van der Waals surface area contributed by atoms with Crippen LogP contribution in [-0.2, 0) is 6.42 Å². The van der Waals surface area contributed by atoms with Crippen LogP contribution in [-0.4, -0.2) is 23.6 Å². The molecule has 4 heteroatoms. The SMILES string of the molecule is CCNc1cnc2ccc(OC)nc2c1CC. The Bertz CT molecular complexity index is 525. The van der Waals surface area contributed by atoms with Gasteiger partial charge in [-0.3, -0.25) is 4.98 Å². The highest BCUT2D eigenvalue weighted by Crippen LogP contribution is 2.25. The number of nitrogens with zero attached hydrogens (tertiary/aromatic N) is 2. The van der Waals surface area contributed by atoms with Gasteiger partial charge in [-0.15, -0.1) is 0 Å². The summed E-state index contributed by atoms with van der Waals surface area (Å²) in [6, 6.07) is 3.78. The maximum Gasteiger partial charge on any atom is 0.213 e. The first kappa shape index (κ1) is 11.6. The smallest absolute Gasteiger partial charge is 0.213 e. The van der Waals surface area contributed by atoms with E-state index < -0.39 is 0 Å². The molecule has 0 aromatic carbocycles. The molecule has 0 unspecified atom stereocenters. The predicted octanol–water partition coefficient (Wildman–Crippen LogP) is 2.63. The van der Waals surface area contributed by atoms with Crippen LogP contribution in [0.2, 0.25) is 0 Å². The Morgan fingerprint density at radius 2 is 2.12 bits per heavy atom. The number of hydrogen-bond acceptors (Lipinski definition) is 4. The lowest BCUT2D eigenvalue weighted by Crippen LogP contribution is -2.03. The first-order valence-corrected chi connectivity index (χ1v) is 5.86. The zero-order valence-corrected chi connectivity index (χ0v) is 10.4. The van der Waals surface area contributed by atoms with Crippen molar-refractivity contribution in [2.24, 2.45) is 0 Å². The second-order valence-corrected chi connectivity index (χ2v) is 3.76. The van der Waals surface area contributed by atoms with Crippen molar-refractivity contribution in [2.45, 2.75) is 20.3 Å². The van der Waals surface area contributed by atoms with Crippen LogP contribution in [0.25, 0.3) is 11.0 Å². The molecular formula is C13H17N3O. The van der Waals surface area contributed by atoms with E-state index in [1.54, 1.807) is 7.11 Å². The Morgan fingerprint density at radius 1 is 1.29 bits per heavy atom. The van der Waals surface area contributed by atoms with Gasteiger partial charge in [0.05, 0.1) is 30.0 Å². The molecule has 2 rings (SSSR count). The first-order valence-electron chi connectivity index (χ1n) is 5.86. The summed E-state index contributed by atoms with van der Waals surface area (Å²) in [6.07, 6.45) is 2.79. The molecule has 0 aliphatic rings. The van der Waals surface area contributed by atoms with Gasteiger partial charge in [-0.25, -0.2) is 4.98 Å². The molecule has 2 aromatic rings. The quantitative estimate of drug-likeness (QED) is 0.878. The van der Waals surface area contributed by atoms with Crippen LogP contribution in [0.5, 0.6) is 5.88 Å². The van der Waals surface area contributed by atoms with E-state index in [0.29, 0.717) is 5.88 Å². The number of pyridine rings is 2. The Balaban J connectivity index is 2.64. The molecule has 0 radical (unpaired) electrons. The summed E-state index contributed by atoms with van der Waals surface area (Å²) in [5.74, 6) is 0.627. The molecule has 0 aliphatic carbocycles. The van der Waals surface area contributed by atoms with Crippen molar-refractivity contribution in [3.05, 3.63) is 23.9 Å². The van der Waals surface area contributed by atoms with Gasteiger partial charge in [0.2, 0.25) is 5.88 Å². The van der Waals surface area contributed by atoms with E-state index in [2.05, 4.69) is 29.1 Å². The lowest BCUT2D eigenvalue weighted by atomic mass is 10.1. The van der Waals surface area contributed by atoms with Gasteiger partial charge in [0.15, 0.2) is 0 Å². The zero-order valence-electron chi connectivity index (χ0n) is 10.4. The van der Waals surface area contributed by atoms with E-state index in [1.165, 1.54) is 5.56 Å². The van der Waals surface area contributed by atoms with Crippen molar-refractivity contribution < 1.29 is 4.74 Å². The molecule has 0 amide bonds. The summed E-state index contributed by atoms with van der Waals surface area (Å²) in [6.45, 7) is 5.07. The minimum atomic E-state index is 0.627. The third-order valence-electron chi connectivity index (χ3n) is 2.72. The molecule has 1 N–H and O–H groups in total. The number of anilines is 1. The summed E-state index contributed by atoms with van der Waals surface area (Å²) in [5, 5.41) is 3.31. The fourth-order valence-corrected chi connectivity index (χ4v) is 1.91. The maximum absolute atomic E-state index is 5.16. The molecule has 2 heterocycles. The van der Waals surface area contributed by atoms with Crippen LogP contribution in [0.15, 0.2) is 18.3 Å². The van der Waals surface area contributed by atoms with Crippen molar-refractivity contribution in [1.82, 2.24) is 9.97 Å². The zero-order chi connectivity index (χ0) is 12.3. The van der Waals surface area contributed by atoms with Crippen LogP contribution in [0.4, 0.5) is 5.69 Å². The highest BCUT2D eigenvalue weighted by molar-refractivity contribution is 5.83. The molecule has 0 spiro atoms. The van der Waals surface area contributed by atoms with Crippen LogP contribution in [0.1, 0.15) is 19.4 Å². The number of hydrogen-bond donors (Lipinski definition) is 1. The lowest BCUT2D eigenvalue weighted by molar-refractivity contribution is 0.399. The fourth-order valence-electron chi connectivity index (χ4n) is 1.91. The van der Waals surface area contributed by atoms with Gasteiger partial charge >= 0.3 is 0 Å². The van der Waals surface area contributed by atoms with Crippen molar-refractivity contribution in [3.63, 3.8) is 0 Å². The van der Waals surface area contributed by atoms with Gasteiger partial charge in [0, 0.05) is 18.2 Å². The second kappa shape index (κ2) is 4.99. The molecule has 0 saturated heterocycles. The molecule has 0 atom stereocenters. The van der Waals surface area contributed by atoms with Crippen molar-refractivity contribution in [1.29, 1.82) is 0 Å². The predicted molar refractivity (Wildman–Crippen MR) is 69.6 cm³/mol. The van der Waals surface area contributed by atoms with Gasteiger partial charge in [-0.2, -0.15) is 0 Å².